The molecule has 0 bridgehead atoms. The van der Waals surface area contributed by atoms with Crippen molar-refractivity contribution in [3.05, 3.63) is 78.1 Å². The molecule has 0 unspecified atom stereocenters. The van der Waals surface area contributed by atoms with Crippen LogP contribution in [0.4, 0.5) is 0 Å². The van der Waals surface area contributed by atoms with Gasteiger partial charge in [-0.2, -0.15) is 0 Å². The second-order valence-electron chi connectivity index (χ2n) is 6.53. The Labute approximate surface area is 167 Å². The van der Waals surface area contributed by atoms with Gasteiger partial charge in [-0.25, -0.2) is 18.5 Å². The van der Waals surface area contributed by atoms with Gasteiger partial charge in [0.25, 0.3) is 10.0 Å². The molecule has 2 N–H and O–H groups in total. The maximum Gasteiger partial charge on any atom is 0.272 e. The summed E-state index contributed by atoms with van der Waals surface area (Å²) < 4.78 is 25.3. The molecule has 146 valence electrons. The first-order valence-corrected chi connectivity index (χ1v) is 10.5. The maximum absolute atomic E-state index is 13.0. The van der Waals surface area contributed by atoms with Crippen molar-refractivity contribution in [1.82, 2.24) is 14.5 Å². The Morgan fingerprint density at radius 3 is 2.48 bits per heavy atom. The molecule has 2 aromatic carbocycles. The molecule has 0 aliphatic rings. The zero-order valence-corrected chi connectivity index (χ0v) is 16.4. The second kappa shape index (κ2) is 7.23. The highest BCUT2D eigenvalue weighted by Gasteiger charge is 2.21. The third-order valence-electron chi connectivity index (χ3n) is 4.61. The van der Waals surface area contributed by atoms with E-state index in [4.69, 9.17) is 5.14 Å². The lowest BCUT2D eigenvalue weighted by atomic mass is 9.97. The van der Waals surface area contributed by atoms with Crippen molar-refractivity contribution in [1.29, 1.82) is 0 Å². The Hall–Kier alpha value is -3.36. The molecule has 0 amide bonds. The number of ketones is 1. The Kier molecular flexibility index (Phi) is 4.73. The van der Waals surface area contributed by atoms with Gasteiger partial charge in [-0.3, -0.25) is 9.78 Å². The summed E-state index contributed by atoms with van der Waals surface area (Å²) in [5.41, 5.74) is 2.61. The summed E-state index contributed by atoms with van der Waals surface area (Å²) in [6, 6.07) is 16.1. The molecule has 0 atom stereocenters. The van der Waals surface area contributed by atoms with Gasteiger partial charge in [0.15, 0.2) is 5.78 Å². The van der Waals surface area contributed by atoms with Crippen molar-refractivity contribution < 1.29 is 13.2 Å². The van der Waals surface area contributed by atoms with E-state index in [1.807, 2.05) is 12.1 Å². The van der Waals surface area contributed by atoms with Crippen molar-refractivity contribution in [2.75, 3.05) is 0 Å². The maximum atomic E-state index is 13.0. The van der Waals surface area contributed by atoms with Gasteiger partial charge < -0.3 is 4.57 Å². The van der Waals surface area contributed by atoms with E-state index >= 15 is 0 Å². The predicted molar refractivity (Wildman–Crippen MR) is 110 cm³/mol. The molecule has 0 aliphatic heterocycles. The van der Waals surface area contributed by atoms with Crippen LogP contribution in [0.2, 0.25) is 0 Å². The van der Waals surface area contributed by atoms with E-state index in [1.165, 1.54) is 4.57 Å². The van der Waals surface area contributed by atoms with Gasteiger partial charge in [-0.1, -0.05) is 36.4 Å². The van der Waals surface area contributed by atoms with Crippen LogP contribution in [-0.2, 0) is 16.6 Å². The average molecular weight is 406 g/mol. The van der Waals surface area contributed by atoms with Gasteiger partial charge >= 0.3 is 0 Å². The minimum absolute atomic E-state index is 0.140. The molecule has 0 saturated heterocycles. The molecule has 4 rings (SSSR count). The molecule has 29 heavy (non-hydrogen) atoms. The van der Waals surface area contributed by atoms with Gasteiger partial charge in [0.2, 0.25) is 5.16 Å². The largest absolute Gasteiger partial charge is 0.320 e. The first-order chi connectivity index (χ1) is 13.9. The highest BCUT2D eigenvalue weighted by atomic mass is 32.2. The molecule has 2 aromatic heterocycles. The number of carbonyl (C=O) groups excluding carboxylic acids is 1. The number of nitrogens with zero attached hydrogens (tertiary/aromatic N) is 3. The summed E-state index contributed by atoms with van der Waals surface area (Å²) in [6.45, 7) is 2.18. The third-order valence-corrected chi connectivity index (χ3v) is 5.45. The average Bonchev–Trinajstić information content (AvgIpc) is 3.18. The standard InChI is InChI=1S/C21H18N4O3S/c1-2-25-13-18(24-21(25)29(22,27)28)17-12-16(11-15-9-6-10-23-19(15)17)20(26)14-7-4-3-5-8-14/h3-13H,2H2,1H3,(H2,22,27,28). The molecule has 0 radical (unpaired) electrons. The molecule has 0 spiro atoms. The number of aryl methyl sites for hydroxylation is 1. The number of nitrogens with two attached hydrogens (primary N) is 1. The van der Waals surface area contributed by atoms with Crippen LogP contribution in [0.3, 0.4) is 0 Å². The lowest BCUT2D eigenvalue weighted by molar-refractivity contribution is 0.103. The minimum Gasteiger partial charge on any atom is -0.320 e. The highest BCUT2D eigenvalue weighted by molar-refractivity contribution is 7.89. The zero-order valence-electron chi connectivity index (χ0n) is 15.6. The van der Waals surface area contributed by atoms with Crippen molar-refractivity contribution in [3.8, 4) is 11.3 Å². The van der Waals surface area contributed by atoms with Gasteiger partial charge in [0.05, 0.1) is 11.2 Å². The van der Waals surface area contributed by atoms with Gasteiger partial charge in [0, 0.05) is 41.0 Å². The zero-order chi connectivity index (χ0) is 20.6. The van der Waals surface area contributed by atoms with Crippen LogP contribution in [0.5, 0.6) is 0 Å². The highest BCUT2D eigenvalue weighted by Crippen LogP contribution is 2.30. The number of benzene rings is 2. The topological polar surface area (TPSA) is 108 Å². The van der Waals surface area contributed by atoms with E-state index in [1.54, 1.807) is 61.8 Å². The number of aromatic nitrogens is 3. The van der Waals surface area contributed by atoms with E-state index in [-0.39, 0.29) is 10.9 Å². The summed E-state index contributed by atoms with van der Waals surface area (Å²) in [5, 5.41) is 5.84. The Balaban J connectivity index is 1.95. The van der Waals surface area contributed by atoms with Crippen molar-refractivity contribution in [2.24, 2.45) is 5.14 Å². The number of hydrogen-bond acceptors (Lipinski definition) is 5. The Morgan fingerprint density at radius 2 is 1.83 bits per heavy atom. The first-order valence-electron chi connectivity index (χ1n) is 8.97. The lowest BCUT2D eigenvalue weighted by Gasteiger charge is -2.08. The van der Waals surface area contributed by atoms with Crippen LogP contribution in [0.25, 0.3) is 22.2 Å². The quantitative estimate of drug-likeness (QED) is 0.513. The molecule has 0 fully saturated rings. The number of carbonyl (C=O) groups is 1. The predicted octanol–water partition coefficient (Wildman–Crippen LogP) is 3.00. The Morgan fingerprint density at radius 1 is 1.07 bits per heavy atom. The van der Waals surface area contributed by atoms with Gasteiger partial charge in [-0.15, -0.1) is 0 Å². The minimum atomic E-state index is -3.99. The summed E-state index contributed by atoms with van der Waals surface area (Å²) in [7, 11) is -3.99. The summed E-state index contributed by atoms with van der Waals surface area (Å²) in [6.07, 6.45) is 3.25. The van der Waals surface area contributed by atoms with Crippen LogP contribution in [0, 0.1) is 0 Å². The number of sulfonamides is 1. The fourth-order valence-corrected chi connectivity index (χ4v) is 3.99. The van der Waals surface area contributed by atoms with Crippen molar-refractivity contribution in [2.45, 2.75) is 18.6 Å². The second-order valence-corrected chi connectivity index (χ2v) is 7.99. The fourth-order valence-electron chi connectivity index (χ4n) is 3.26. The smallest absolute Gasteiger partial charge is 0.272 e. The van der Waals surface area contributed by atoms with Gasteiger partial charge in [-0.05, 0) is 25.1 Å². The summed E-state index contributed by atoms with van der Waals surface area (Å²) >= 11 is 0. The molecule has 8 heteroatoms. The normalized spacial score (nSPS) is 11.7. The van der Waals surface area contributed by atoms with E-state index in [2.05, 4.69) is 9.97 Å². The summed E-state index contributed by atoms with van der Waals surface area (Å²) in [4.78, 5) is 21.7. The Bertz CT molecular complexity index is 1330. The van der Waals surface area contributed by atoms with E-state index in [0.717, 1.165) is 5.39 Å². The number of pyridine rings is 1. The van der Waals surface area contributed by atoms with Crippen LogP contribution < -0.4 is 5.14 Å². The van der Waals surface area contributed by atoms with E-state index < -0.39 is 10.0 Å². The molecule has 0 aliphatic carbocycles. The fraction of sp³-hybridized carbons (Fsp3) is 0.0952. The molecule has 7 nitrogen and oxygen atoms in total. The van der Waals surface area contributed by atoms with Crippen LogP contribution in [-0.4, -0.2) is 28.7 Å². The molecular weight excluding hydrogens is 388 g/mol. The van der Waals surface area contributed by atoms with Crippen LogP contribution in [0.1, 0.15) is 22.8 Å². The third kappa shape index (κ3) is 3.55. The molecule has 4 aromatic rings. The molecular formula is C21H18N4O3S. The van der Waals surface area contributed by atoms with Gasteiger partial charge in [0.1, 0.15) is 0 Å². The molecule has 2 heterocycles. The number of primary sulfonamides is 1. The number of imidazole rings is 1. The number of hydrogen-bond donors (Lipinski definition) is 1. The van der Waals surface area contributed by atoms with Crippen LogP contribution in [0.15, 0.2) is 72.1 Å². The first kappa shape index (κ1) is 19.0. The lowest BCUT2D eigenvalue weighted by Crippen LogP contribution is -2.17. The van der Waals surface area contributed by atoms with Crippen LogP contribution >= 0.6 is 0 Å². The number of rotatable bonds is 5. The monoisotopic (exact) mass is 406 g/mol. The van der Waals surface area contributed by atoms with E-state index in [0.29, 0.717) is 34.4 Å². The molecule has 0 saturated carbocycles. The van der Waals surface area contributed by atoms with Crippen molar-refractivity contribution in [3.63, 3.8) is 0 Å². The van der Waals surface area contributed by atoms with E-state index in [9.17, 15) is 13.2 Å². The SMILES string of the molecule is CCn1cc(-c2cc(C(=O)c3ccccc3)cc3cccnc23)nc1S(N)(=O)=O. The summed E-state index contributed by atoms with van der Waals surface area (Å²) in [5.74, 6) is -0.140. The number of fused-ring (bicyclic) bond motifs is 1. The van der Waals surface area contributed by atoms with Crippen molar-refractivity contribution >= 4 is 26.7 Å².